The highest BCUT2D eigenvalue weighted by Gasteiger charge is 2.17. The Morgan fingerprint density at radius 3 is 2.27 bits per heavy atom. The second-order valence-electron chi connectivity index (χ2n) is 11.1. The van der Waals surface area contributed by atoms with Crippen LogP contribution in [0.25, 0.3) is 50.0 Å². The summed E-state index contributed by atoms with van der Waals surface area (Å²) < 4.78 is 2.14. The Morgan fingerprint density at radius 2 is 1.40 bits per heavy atom. The number of para-hydroxylation sites is 3. The molecule has 0 bridgehead atoms. The Morgan fingerprint density at radius 1 is 0.644 bits per heavy atom. The molecule has 0 aliphatic heterocycles. The quantitative estimate of drug-likeness (QED) is 0.177. The van der Waals surface area contributed by atoms with Crippen molar-refractivity contribution < 1.29 is 0 Å². The van der Waals surface area contributed by atoms with Crippen molar-refractivity contribution in [2.75, 3.05) is 4.90 Å². The van der Waals surface area contributed by atoms with Crippen LogP contribution >= 0.6 is 0 Å². The van der Waals surface area contributed by atoms with Crippen LogP contribution in [0.15, 0.2) is 157 Å². The largest absolute Gasteiger partial charge is 0.335 e. The molecule has 0 fully saturated rings. The molecular weight excluding hydrogens is 550 g/mol. The summed E-state index contributed by atoms with van der Waals surface area (Å²) in [6.07, 6.45) is 2.06. The fourth-order valence-corrected chi connectivity index (χ4v) is 6.14. The molecule has 5 aromatic carbocycles. The van der Waals surface area contributed by atoms with Crippen molar-refractivity contribution in [1.82, 2.24) is 14.4 Å². The summed E-state index contributed by atoms with van der Waals surface area (Å²) in [6.45, 7) is 4.54. The second-order valence-corrected chi connectivity index (χ2v) is 11.1. The van der Waals surface area contributed by atoms with E-state index in [0.717, 1.165) is 67.0 Å². The number of fused-ring (bicyclic) bond motifs is 5. The molecule has 0 amide bonds. The first kappa shape index (κ1) is 26.5. The Kier molecular flexibility index (Phi) is 6.61. The van der Waals surface area contributed by atoms with Gasteiger partial charge in [0.05, 0.1) is 28.1 Å². The summed E-state index contributed by atoms with van der Waals surface area (Å²) >= 11 is 0. The van der Waals surface area contributed by atoms with Crippen molar-refractivity contribution in [3.63, 3.8) is 0 Å². The third-order valence-electron chi connectivity index (χ3n) is 8.32. The van der Waals surface area contributed by atoms with Crippen molar-refractivity contribution >= 4 is 51.4 Å². The minimum absolute atomic E-state index is 0.713. The van der Waals surface area contributed by atoms with Crippen LogP contribution in [0.2, 0.25) is 0 Å². The van der Waals surface area contributed by atoms with Crippen LogP contribution in [-0.4, -0.2) is 21.1 Å². The normalized spacial score (nSPS) is 11.3. The predicted octanol–water partition coefficient (Wildman–Crippen LogP) is 10.0. The van der Waals surface area contributed by atoms with Gasteiger partial charge in [0, 0.05) is 29.4 Å². The summed E-state index contributed by atoms with van der Waals surface area (Å²) in [5.74, 6) is 0. The third-order valence-corrected chi connectivity index (χ3v) is 8.32. The van der Waals surface area contributed by atoms with Crippen LogP contribution in [-0.2, 0) is 6.54 Å². The lowest BCUT2D eigenvalue weighted by molar-refractivity contribution is 0.975. The van der Waals surface area contributed by atoms with E-state index in [1.54, 1.807) is 0 Å². The molecule has 0 atom stereocenters. The lowest BCUT2D eigenvalue weighted by atomic mass is 10.00. The Bertz CT molecular complexity index is 2320. The molecule has 3 aromatic heterocycles. The van der Waals surface area contributed by atoms with Crippen LogP contribution in [0, 0.1) is 0 Å². The van der Waals surface area contributed by atoms with E-state index in [4.69, 9.17) is 9.97 Å². The summed E-state index contributed by atoms with van der Waals surface area (Å²) in [6, 6.07) is 50.4. The minimum atomic E-state index is 0.713. The lowest BCUT2D eigenvalue weighted by Crippen LogP contribution is -2.16. The number of pyridine rings is 2. The number of aromatic nitrogens is 3. The van der Waals surface area contributed by atoms with E-state index in [1.165, 1.54) is 5.56 Å². The summed E-state index contributed by atoms with van der Waals surface area (Å²) in [7, 11) is 0. The van der Waals surface area contributed by atoms with Crippen LogP contribution < -0.4 is 4.90 Å². The number of rotatable bonds is 7. The van der Waals surface area contributed by atoms with Crippen LogP contribution in [0.4, 0.5) is 17.1 Å². The molecule has 45 heavy (non-hydrogen) atoms. The molecule has 8 rings (SSSR count). The van der Waals surface area contributed by atoms with E-state index in [9.17, 15) is 0 Å². The molecule has 3 heterocycles. The maximum atomic E-state index is 5.18. The van der Waals surface area contributed by atoms with Gasteiger partial charge in [-0.15, -0.1) is 0 Å². The number of hydrogen-bond donors (Lipinski definition) is 0. The van der Waals surface area contributed by atoms with Gasteiger partial charge in [-0.3, -0.25) is 9.39 Å². The maximum absolute atomic E-state index is 5.18. The van der Waals surface area contributed by atoms with E-state index in [1.807, 2.05) is 54.6 Å². The van der Waals surface area contributed by atoms with Gasteiger partial charge in [-0.1, -0.05) is 97.1 Å². The number of nitrogens with zero attached hydrogens (tertiary/aromatic N) is 5. The fraction of sp³-hybridized carbons (Fsp3) is 0.0250. The van der Waals surface area contributed by atoms with Gasteiger partial charge in [0.2, 0.25) is 0 Å². The number of aliphatic imine (C=N–C) groups is 1. The topological polar surface area (TPSA) is 45.8 Å². The van der Waals surface area contributed by atoms with E-state index < -0.39 is 0 Å². The van der Waals surface area contributed by atoms with Gasteiger partial charge in [0.15, 0.2) is 0 Å². The second kappa shape index (κ2) is 11.2. The summed E-state index contributed by atoms with van der Waals surface area (Å²) in [5, 5.41) is 1.06. The first-order valence-corrected chi connectivity index (χ1v) is 15.0. The summed E-state index contributed by atoms with van der Waals surface area (Å²) in [4.78, 5) is 16.8. The van der Waals surface area contributed by atoms with Crippen molar-refractivity contribution in [2.45, 2.75) is 6.54 Å². The SMILES string of the molecule is C=Nc1ccccc1N(Cc1ccccc1)c1ccc(-c2cccc(-c3nc4ccccc4c4nc5ccccn5c34)c2)cc1. The average Bonchev–Trinajstić information content (AvgIpc) is 3.51. The molecule has 0 spiro atoms. The third kappa shape index (κ3) is 4.81. The molecule has 0 N–H and O–H groups in total. The number of imidazole rings is 1. The zero-order chi connectivity index (χ0) is 30.2. The number of hydrogen-bond acceptors (Lipinski definition) is 4. The molecule has 214 valence electrons. The van der Waals surface area contributed by atoms with Gasteiger partial charge in [-0.05, 0) is 71.9 Å². The van der Waals surface area contributed by atoms with Gasteiger partial charge in [-0.2, -0.15) is 0 Å². The molecular formula is C40H29N5. The molecule has 0 saturated heterocycles. The van der Waals surface area contributed by atoms with Crippen LogP contribution in [0.1, 0.15) is 5.56 Å². The maximum Gasteiger partial charge on any atom is 0.137 e. The van der Waals surface area contributed by atoms with Gasteiger partial charge < -0.3 is 4.90 Å². The minimum Gasteiger partial charge on any atom is -0.335 e. The lowest BCUT2D eigenvalue weighted by Gasteiger charge is -2.26. The van der Waals surface area contributed by atoms with Crippen molar-refractivity contribution in [3.05, 3.63) is 157 Å². The van der Waals surface area contributed by atoms with E-state index in [2.05, 4.69) is 118 Å². The first-order chi connectivity index (χ1) is 22.3. The average molecular weight is 580 g/mol. The highest BCUT2D eigenvalue weighted by Crippen LogP contribution is 2.37. The van der Waals surface area contributed by atoms with Gasteiger partial charge in [0.25, 0.3) is 0 Å². The first-order valence-electron chi connectivity index (χ1n) is 15.0. The Balaban J connectivity index is 1.21. The monoisotopic (exact) mass is 579 g/mol. The van der Waals surface area contributed by atoms with Crippen LogP contribution in [0.5, 0.6) is 0 Å². The molecule has 0 aliphatic carbocycles. The Labute approximate surface area is 261 Å². The molecule has 0 aliphatic rings. The Hall–Kier alpha value is -6.07. The predicted molar refractivity (Wildman–Crippen MR) is 187 cm³/mol. The van der Waals surface area contributed by atoms with Gasteiger partial charge in [0.1, 0.15) is 11.2 Å². The van der Waals surface area contributed by atoms with Crippen molar-refractivity contribution in [2.24, 2.45) is 4.99 Å². The molecule has 5 heteroatoms. The summed E-state index contributed by atoms with van der Waals surface area (Å²) in [5.41, 5.74) is 12.2. The highest BCUT2D eigenvalue weighted by atomic mass is 15.1. The van der Waals surface area contributed by atoms with E-state index in [-0.39, 0.29) is 0 Å². The van der Waals surface area contributed by atoms with E-state index in [0.29, 0.717) is 6.54 Å². The standard InChI is InChI=1S/C40H29N5/c1-41-35-18-7-8-19-36(35)45(27-28-12-3-2-4-13-28)32-23-21-29(22-24-32)30-14-11-15-31(26-30)38-40-39(33-16-5-6-17-34(33)42-38)43-37-20-9-10-25-44(37)40/h2-26H,1,27H2. The van der Waals surface area contributed by atoms with Crippen LogP contribution in [0.3, 0.4) is 0 Å². The fourth-order valence-electron chi connectivity index (χ4n) is 6.14. The molecule has 8 aromatic rings. The molecule has 0 saturated carbocycles. The zero-order valence-electron chi connectivity index (χ0n) is 24.6. The smallest absolute Gasteiger partial charge is 0.137 e. The molecule has 0 radical (unpaired) electrons. The molecule has 5 nitrogen and oxygen atoms in total. The van der Waals surface area contributed by atoms with E-state index >= 15 is 0 Å². The number of benzene rings is 5. The molecule has 0 unspecified atom stereocenters. The van der Waals surface area contributed by atoms with Crippen molar-refractivity contribution in [3.8, 4) is 22.4 Å². The van der Waals surface area contributed by atoms with Crippen molar-refractivity contribution in [1.29, 1.82) is 0 Å². The van der Waals surface area contributed by atoms with Gasteiger partial charge in [-0.25, -0.2) is 9.97 Å². The zero-order valence-corrected chi connectivity index (χ0v) is 24.6. The highest BCUT2D eigenvalue weighted by molar-refractivity contribution is 6.09. The number of anilines is 2. The van der Waals surface area contributed by atoms with Gasteiger partial charge >= 0.3 is 0 Å².